The lowest BCUT2D eigenvalue weighted by Gasteiger charge is -2.24. The van der Waals surface area contributed by atoms with Gasteiger partial charge in [-0.3, -0.25) is 0 Å². The highest BCUT2D eigenvalue weighted by Crippen LogP contribution is 2.35. The second-order valence-electron chi connectivity index (χ2n) is 4.82. The van der Waals surface area contributed by atoms with Gasteiger partial charge in [-0.25, -0.2) is 0 Å². The van der Waals surface area contributed by atoms with Gasteiger partial charge in [0.05, 0.1) is 0 Å². The van der Waals surface area contributed by atoms with Crippen molar-refractivity contribution < 1.29 is 0 Å². The van der Waals surface area contributed by atoms with Crippen LogP contribution in [-0.4, -0.2) is 5.75 Å². The third kappa shape index (κ3) is 2.41. The minimum absolute atomic E-state index is 0.116. The van der Waals surface area contributed by atoms with Gasteiger partial charge in [-0.1, -0.05) is 50.3 Å². The van der Waals surface area contributed by atoms with Gasteiger partial charge in [0.2, 0.25) is 0 Å². The van der Waals surface area contributed by atoms with E-state index in [1.54, 1.807) is 0 Å². The number of thioether (sulfide) groups is 1. The standard InChI is InChI=1S/C15H18S/c1-12-7-8-13-14(11-12)16-10-6-4-5-9-15(13,2)3/h4-9,11H,10H2,1-3H3/b6-4-,9-5-. The zero-order valence-corrected chi connectivity index (χ0v) is 11.0. The smallest absolute Gasteiger partial charge is 0.0164 e. The van der Waals surface area contributed by atoms with Crippen LogP contribution in [0.4, 0.5) is 0 Å². The Morgan fingerprint density at radius 1 is 1.19 bits per heavy atom. The molecule has 1 aromatic rings. The molecule has 0 bridgehead atoms. The van der Waals surface area contributed by atoms with Crippen LogP contribution in [0.15, 0.2) is 47.4 Å². The van der Waals surface area contributed by atoms with Gasteiger partial charge < -0.3 is 0 Å². The molecule has 84 valence electrons. The van der Waals surface area contributed by atoms with Crippen molar-refractivity contribution in [2.24, 2.45) is 0 Å². The van der Waals surface area contributed by atoms with Crippen molar-refractivity contribution in [1.29, 1.82) is 0 Å². The highest BCUT2D eigenvalue weighted by Gasteiger charge is 2.20. The van der Waals surface area contributed by atoms with Crippen LogP contribution in [0.2, 0.25) is 0 Å². The van der Waals surface area contributed by atoms with Crippen LogP contribution >= 0.6 is 11.8 Å². The van der Waals surface area contributed by atoms with E-state index in [1.165, 1.54) is 16.0 Å². The molecule has 1 aliphatic rings. The van der Waals surface area contributed by atoms with Gasteiger partial charge in [0, 0.05) is 16.1 Å². The Morgan fingerprint density at radius 2 is 2.00 bits per heavy atom. The van der Waals surface area contributed by atoms with E-state index in [2.05, 4.69) is 63.3 Å². The van der Waals surface area contributed by atoms with E-state index in [0.29, 0.717) is 0 Å². The van der Waals surface area contributed by atoms with Gasteiger partial charge in [0.15, 0.2) is 0 Å². The summed E-state index contributed by atoms with van der Waals surface area (Å²) < 4.78 is 0. The quantitative estimate of drug-likeness (QED) is 0.632. The van der Waals surface area contributed by atoms with E-state index in [0.717, 1.165) is 5.75 Å². The van der Waals surface area contributed by atoms with Crippen LogP contribution in [-0.2, 0) is 5.41 Å². The summed E-state index contributed by atoms with van der Waals surface area (Å²) in [6.45, 7) is 6.71. The fourth-order valence-corrected chi connectivity index (χ4v) is 3.08. The monoisotopic (exact) mass is 230 g/mol. The lowest BCUT2D eigenvalue weighted by Crippen LogP contribution is -2.14. The number of aryl methyl sites for hydroxylation is 1. The second kappa shape index (κ2) is 4.50. The average molecular weight is 230 g/mol. The van der Waals surface area contributed by atoms with Crippen LogP contribution in [0, 0.1) is 6.92 Å². The molecule has 0 N–H and O–H groups in total. The molecule has 0 saturated carbocycles. The minimum atomic E-state index is 0.116. The molecule has 1 heterocycles. The van der Waals surface area contributed by atoms with E-state index in [4.69, 9.17) is 0 Å². The van der Waals surface area contributed by atoms with Crippen molar-refractivity contribution in [1.82, 2.24) is 0 Å². The average Bonchev–Trinajstić information content (AvgIpc) is 2.28. The van der Waals surface area contributed by atoms with E-state index < -0.39 is 0 Å². The summed E-state index contributed by atoms with van der Waals surface area (Å²) in [5.41, 5.74) is 2.89. The molecule has 0 unspecified atom stereocenters. The Bertz CT molecular complexity index is 439. The number of fused-ring (bicyclic) bond motifs is 1. The molecule has 1 heteroatoms. The lowest BCUT2D eigenvalue weighted by molar-refractivity contribution is 0.654. The Kier molecular flexibility index (Phi) is 3.25. The predicted octanol–water partition coefficient (Wildman–Crippen LogP) is 4.49. The molecule has 0 amide bonds. The third-order valence-electron chi connectivity index (χ3n) is 2.93. The maximum atomic E-state index is 2.30. The Labute approximate surface area is 102 Å². The number of rotatable bonds is 0. The maximum Gasteiger partial charge on any atom is 0.0164 e. The molecule has 16 heavy (non-hydrogen) atoms. The molecule has 0 aliphatic carbocycles. The molecule has 0 radical (unpaired) electrons. The van der Waals surface area contributed by atoms with Gasteiger partial charge in [0.25, 0.3) is 0 Å². The first-order valence-corrected chi connectivity index (χ1v) is 6.66. The number of allylic oxidation sites excluding steroid dienone is 3. The van der Waals surface area contributed by atoms with E-state index in [-0.39, 0.29) is 5.41 Å². The molecular weight excluding hydrogens is 212 g/mol. The zero-order valence-electron chi connectivity index (χ0n) is 10.2. The summed E-state index contributed by atoms with van der Waals surface area (Å²) in [5, 5.41) is 0. The molecule has 0 fully saturated rings. The summed E-state index contributed by atoms with van der Waals surface area (Å²) in [6.07, 6.45) is 8.81. The van der Waals surface area contributed by atoms with Crippen LogP contribution in [0.5, 0.6) is 0 Å². The topological polar surface area (TPSA) is 0 Å². The van der Waals surface area contributed by atoms with Gasteiger partial charge >= 0.3 is 0 Å². The summed E-state index contributed by atoms with van der Waals surface area (Å²) in [4.78, 5) is 1.42. The van der Waals surface area contributed by atoms with Crippen LogP contribution < -0.4 is 0 Å². The Morgan fingerprint density at radius 3 is 2.81 bits per heavy atom. The summed E-state index contributed by atoms with van der Waals surface area (Å²) in [6, 6.07) is 6.78. The molecule has 0 spiro atoms. The predicted molar refractivity (Wildman–Crippen MR) is 73.2 cm³/mol. The first kappa shape index (κ1) is 11.5. The van der Waals surface area contributed by atoms with Crippen molar-refractivity contribution in [3.63, 3.8) is 0 Å². The van der Waals surface area contributed by atoms with Crippen molar-refractivity contribution in [3.8, 4) is 0 Å². The number of benzene rings is 1. The van der Waals surface area contributed by atoms with Gasteiger partial charge in [0.1, 0.15) is 0 Å². The summed E-state index contributed by atoms with van der Waals surface area (Å²) >= 11 is 1.93. The lowest BCUT2D eigenvalue weighted by atomic mass is 9.84. The Hall–Kier alpha value is -0.950. The zero-order chi connectivity index (χ0) is 11.6. The van der Waals surface area contributed by atoms with E-state index in [9.17, 15) is 0 Å². The highest BCUT2D eigenvalue weighted by molar-refractivity contribution is 7.99. The molecule has 0 saturated heterocycles. The highest BCUT2D eigenvalue weighted by atomic mass is 32.2. The molecule has 1 aromatic carbocycles. The minimum Gasteiger partial charge on any atom is -0.122 e. The van der Waals surface area contributed by atoms with Crippen LogP contribution in [0.1, 0.15) is 25.0 Å². The third-order valence-corrected chi connectivity index (χ3v) is 3.93. The van der Waals surface area contributed by atoms with Gasteiger partial charge in [-0.15, -0.1) is 11.8 Å². The van der Waals surface area contributed by atoms with Crippen LogP contribution in [0.25, 0.3) is 0 Å². The molecule has 0 atom stereocenters. The van der Waals surface area contributed by atoms with Crippen molar-refractivity contribution in [2.75, 3.05) is 5.75 Å². The first-order valence-electron chi connectivity index (χ1n) is 5.68. The summed E-state index contributed by atoms with van der Waals surface area (Å²) in [5.74, 6) is 1.05. The molecule has 1 aliphatic heterocycles. The second-order valence-corrected chi connectivity index (χ2v) is 5.88. The van der Waals surface area contributed by atoms with Gasteiger partial charge in [-0.2, -0.15) is 0 Å². The molecular formula is C15H18S. The fraction of sp³-hybridized carbons (Fsp3) is 0.333. The molecule has 2 rings (SSSR count). The van der Waals surface area contributed by atoms with Crippen LogP contribution in [0.3, 0.4) is 0 Å². The fourth-order valence-electron chi connectivity index (χ4n) is 1.94. The maximum absolute atomic E-state index is 2.30. The SMILES string of the molecule is Cc1ccc2c(c1)SC/C=C\C=C/C2(C)C. The number of hydrogen-bond acceptors (Lipinski definition) is 1. The first-order chi connectivity index (χ1) is 7.59. The Balaban J connectivity index is 2.53. The van der Waals surface area contributed by atoms with Crippen molar-refractivity contribution in [3.05, 3.63) is 53.6 Å². The number of hydrogen-bond donors (Lipinski definition) is 0. The largest absolute Gasteiger partial charge is 0.122 e. The normalized spacial score (nSPS) is 22.4. The van der Waals surface area contributed by atoms with E-state index >= 15 is 0 Å². The molecule has 0 aromatic heterocycles. The van der Waals surface area contributed by atoms with Gasteiger partial charge in [-0.05, 0) is 24.1 Å². The van der Waals surface area contributed by atoms with E-state index in [1.807, 2.05) is 11.8 Å². The van der Waals surface area contributed by atoms with Crippen molar-refractivity contribution >= 4 is 11.8 Å². The van der Waals surface area contributed by atoms with Crippen molar-refractivity contribution in [2.45, 2.75) is 31.1 Å². The summed E-state index contributed by atoms with van der Waals surface area (Å²) in [7, 11) is 0. The molecule has 0 nitrogen and oxygen atoms in total.